The lowest BCUT2D eigenvalue weighted by molar-refractivity contribution is -0.162. The number of hydrogen-bond donors (Lipinski definition) is 1. The van der Waals surface area contributed by atoms with Crippen molar-refractivity contribution in [1.82, 2.24) is 20.0 Å². The number of halogens is 3. The van der Waals surface area contributed by atoms with E-state index in [1.165, 1.54) is 0 Å². The molecule has 11 heteroatoms. The van der Waals surface area contributed by atoms with Gasteiger partial charge in [-0.05, 0) is 57.4 Å². The number of carbonyl (C=O) groups is 2. The number of fused-ring (bicyclic) bond motifs is 2. The number of ether oxygens (including phenoxy) is 2. The van der Waals surface area contributed by atoms with Crippen molar-refractivity contribution in [2.45, 2.75) is 101 Å². The molecule has 1 spiro atoms. The fourth-order valence-electron chi connectivity index (χ4n) is 8.71. The molecule has 44 heavy (non-hydrogen) atoms. The highest BCUT2D eigenvalue weighted by atomic mass is 35.5. The van der Waals surface area contributed by atoms with Gasteiger partial charge < -0.3 is 24.6 Å². The van der Waals surface area contributed by atoms with Gasteiger partial charge in [0.25, 0.3) is 0 Å². The third-order valence-electron chi connectivity index (χ3n) is 10.8. The van der Waals surface area contributed by atoms with E-state index in [2.05, 4.69) is 29.0 Å². The first-order valence-electron chi connectivity index (χ1n) is 16.3. The molecule has 0 radical (unpaired) electrons. The Kier molecular flexibility index (Phi) is 10.1. The molecule has 4 heterocycles. The van der Waals surface area contributed by atoms with Crippen molar-refractivity contribution < 1.29 is 27.8 Å². The predicted molar refractivity (Wildman–Crippen MR) is 166 cm³/mol. The summed E-state index contributed by atoms with van der Waals surface area (Å²) in [5.41, 5.74) is 0.696. The Morgan fingerprint density at radius 3 is 2.30 bits per heavy atom. The quantitative estimate of drug-likeness (QED) is 0.380. The van der Waals surface area contributed by atoms with E-state index in [1.807, 2.05) is 35.2 Å². The van der Waals surface area contributed by atoms with Crippen LogP contribution in [0.3, 0.4) is 0 Å². The molecule has 3 amide bonds. The van der Waals surface area contributed by atoms with Crippen LogP contribution in [0.5, 0.6) is 0 Å². The molecule has 2 bridgehead atoms. The minimum atomic E-state index is -2.65. The summed E-state index contributed by atoms with van der Waals surface area (Å²) in [5.74, 6) is -3.10. The van der Waals surface area contributed by atoms with Gasteiger partial charge in [0.15, 0.2) is 0 Å². The second-order valence-corrected chi connectivity index (χ2v) is 14.2. The van der Waals surface area contributed by atoms with Crippen LogP contribution in [0.1, 0.15) is 83.2 Å². The zero-order chi connectivity index (χ0) is 30.2. The van der Waals surface area contributed by atoms with E-state index in [-0.39, 0.29) is 72.9 Å². The van der Waals surface area contributed by atoms with Gasteiger partial charge in [-0.1, -0.05) is 37.3 Å². The van der Waals surface area contributed by atoms with Crippen LogP contribution in [0.2, 0.25) is 0 Å². The number of carbonyl (C=O) groups excluding carboxylic acids is 2. The van der Waals surface area contributed by atoms with Gasteiger partial charge in [-0.2, -0.15) is 0 Å². The summed E-state index contributed by atoms with van der Waals surface area (Å²) in [6.07, 6.45) is 4.98. The summed E-state index contributed by atoms with van der Waals surface area (Å²) < 4.78 is 38.6. The van der Waals surface area contributed by atoms with Crippen LogP contribution in [0.15, 0.2) is 30.3 Å². The first kappa shape index (κ1) is 33.4. The number of piperidine rings is 1. The fraction of sp³-hybridized carbons (Fsp3) is 0.758. The Bertz CT molecular complexity index is 1130. The van der Waals surface area contributed by atoms with Gasteiger partial charge in [-0.3, -0.25) is 9.69 Å². The van der Waals surface area contributed by atoms with Crippen LogP contribution in [-0.4, -0.2) is 96.4 Å². The maximum Gasteiger partial charge on any atom is 0.320 e. The molecular weight excluding hydrogens is 590 g/mol. The largest absolute Gasteiger partial charge is 0.355 e. The molecule has 1 aliphatic carbocycles. The third kappa shape index (κ3) is 6.88. The Balaban J connectivity index is 0.00000384. The van der Waals surface area contributed by atoms with E-state index in [4.69, 9.17) is 9.47 Å². The number of likely N-dealkylation sites (N-methyl/N-ethyl adjacent to an activating group) is 1. The lowest BCUT2D eigenvalue weighted by Gasteiger charge is -2.48. The van der Waals surface area contributed by atoms with Crippen molar-refractivity contribution in [2.24, 2.45) is 11.3 Å². The molecule has 5 fully saturated rings. The van der Waals surface area contributed by atoms with Gasteiger partial charge in [0.1, 0.15) is 6.79 Å². The molecule has 4 saturated heterocycles. The summed E-state index contributed by atoms with van der Waals surface area (Å²) in [6, 6.07) is 10.8. The Morgan fingerprint density at radius 2 is 1.68 bits per heavy atom. The fourth-order valence-corrected chi connectivity index (χ4v) is 8.71. The first-order chi connectivity index (χ1) is 20.6. The third-order valence-corrected chi connectivity index (χ3v) is 10.8. The van der Waals surface area contributed by atoms with Crippen LogP contribution in [0.4, 0.5) is 13.6 Å². The average molecular weight is 639 g/mol. The number of nitrogens with one attached hydrogen (secondary N) is 1. The van der Waals surface area contributed by atoms with E-state index in [0.717, 1.165) is 50.8 Å². The van der Waals surface area contributed by atoms with Crippen molar-refractivity contribution in [1.29, 1.82) is 0 Å². The van der Waals surface area contributed by atoms with Gasteiger partial charge >= 0.3 is 6.03 Å². The summed E-state index contributed by atoms with van der Waals surface area (Å²) in [6.45, 7) is 8.69. The van der Waals surface area contributed by atoms with Crippen LogP contribution < -0.4 is 5.32 Å². The molecule has 4 aliphatic heterocycles. The second kappa shape index (κ2) is 13.4. The van der Waals surface area contributed by atoms with E-state index in [9.17, 15) is 18.4 Å². The van der Waals surface area contributed by atoms with E-state index >= 15 is 0 Å². The summed E-state index contributed by atoms with van der Waals surface area (Å²) in [5, 5.41) is 3.25. The van der Waals surface area contributed by atoms with Crippen LogP contribution in [0, 0.1) is 11.3 Å². The minimum Gasteiger partial charge on any atom is -0.355 e. The van der Waals surface area contributed by atoms with E-state index in [1.54, 1.807) is 0 Å². The number of hydrogen-bond acceptors (Lipinski definition) is 5. The molecule has 1 aromatic rings. The van der Waals surface area contributed by atoms with Crippen molar-refractivity contribution in [3.63, 3.8) is 0 Å². The Labute approximate surface area is 266 Å². The highest BCUT2D eigenvalue weighted by Crippen LogP contribution is 2.47. The van der Waals surface area contributed by atoms with Crippen molar-refractivity contribution in [3.05, 3.63) is 35.9 Å². The molecule has 6 rings (SSSR count). The summed E-state index contributed by atoms with van der Waals surface area (Å²) in [4.78, 5) is 33.7. The Hall–Kier alpha value is -2.01. The second-order valence-electron chi connectivity index (χ2n) is 14.2. The molecule has 246 valence electrons. The number of benzene rings is 1. The average Bonchev–Trinajstić information content (AvgIpc) is 3.38. The molecule has 5 aliphatic rings. The van der Waals surface area contributed by atoms with Gasteiger partial charge in [0.2, 0.25) is 11.8 Å². The van der Waals surface area contributed by atoms with E-state index < -0.39 is 5.92 Å². The lowest BCUT2D eigenvalue weighted by Crippen LogP contribution is -2.58. The molecule has 1 aromatic carbocycles. The molecule has 3 atom stereocenters. The van der Waals surface area contributed by atoms with Crippen molar-refractivity contribution in [3.8, 4) is 0 Å². The van der Waals surface area contributed by atoms with Gasteiger partial charge in [0, 0.05) is 62.4 Å². The maximum absolute atomic E-state index is 13.7. The summed E-state index contributed by atoms with van der Waals surface area (Å²) >= 11 is 0. The van der Waals surface area contributed by atoms with Crippen LogP contribution >= 0.6 is 12.4 Å². The zero-order valence-electron chi connectivity index (χ0n) is 26.1. The Morgan fingerprint density at radius 1 is 1.05 bits per heavy atom. The standard InChI is InChI=1S/C33H48F2N4O4.ClH/c1-3-39-30(41)37(19-31(2)21-42-23-43-22-31)20-32(39)17-26-9-10-27(18-32)38(26)16-13-28(24-7-5-4-6-8-24)36-29(40)25-11-14-33(34,35)15-12-25;/h4-8,25-28H,3,9-23H2,1-2H3,(H,36,40);1H/t26?,27?,28-,32?;/m0./s1. The molecule has 8 nitrogen and oxygen atoms in total. The van der Waals surface area contributed by atoms with Crippen LogP contribution in [0.25, 0.3) is 0 Å². The SMILES string of the molecule is CCN1C(=O)N(CC2(C)COCOC2)CC12CC1CCC(C2)N1CC[C@H](NC(=O)C1CCC(F)(F)CC1)c1ccccc1.Cl. The smallest absolute Gasteiger partial charge is 0.320 e. The molecule has 2 unspecified atom stereocenters. The predicted octanol–water partition coefficient (Wildman–Crippen LogP) is 5.62. The maximum atomic E-state index is 13.7. The highest BCUT2D eigenvalue weighted by molar-refractivity contribution is 5.85. The number of amides is 3. The molecule has 1 saturated carbocycles. The topological polar surface area (TPSA) is 74.4 Å². The normalized spacial score (nSPS) is 30.8. The number of nitrogens with zero attached hydrogens (tertiary/aromatic N) is 3. The molecule has 0 aromatic heterocycles. The van der Waals surface area contributed by atoms with Crippen molar-refractivity contribution >= 4 is 24.3 Å². The lowest BCUT2D eigenvalue weighted by atomic mass is 9.81. The molecular formula is C33H49ClF2N4O4. The number of rotatable bonds is 9. The van der Waals surface area contributed by atoms with Crippen LogP contribution in [-0.2, 0) is 14.3 Å². The van der Waals surface area contributed by atoms with Gasteiger partial charge in [-0.15, -0.1) is 12.4 Å². The zero-order valence-corrected chi connectivity index (χ0v) is 27.0. The van der Waals surface area contributed by atoms with Gasteiger partial charge in [-0.25, -0.2) is 13.6 Å². The minimum absolute atomic E-state index is 0. The van der Waals surface area contributed by atoms with Gasteiger partial charge in [0.05, 0.1) is 24.8 Å². The number of urea groups is 1. The first-order valence-corrected chi connectivity index (χ1v) is 16.3. The van der Waals surface area contributed by atoms with Crippen molar-refractivity contribution in [2.75, 3.05) is 46.2 Å². The number of alkyl halides is 2. The highest BCUT2D eigenvalue weighted by Gasteiger charge is 2.57. The molecule has 1 N–H and O–H groups in total. The monoisotopic (exact) mass is 638 g/mol. The summed E-state index contributed by atoms with van der Waals surface area (Å²) in [7, 11) is 0. The van der Waals surface area contributed by atoms with E-state index in [0.29, 0.717) is 45.2 Å².